The molecule has 5 heteroatoms. The zero-order valence-corrected chi connectivity index (χ0v) is 15.4. The predicted molar refractivity (Wildman–Crippen MR) is 108 cm³/mol. The van der Waals surface area contributed by atoms with Crippen molar-refractivity contribution in [1.82, 2.24) is 9.97 Å². The number of nitrogens with one attached hydrogen (secondary N) is 1. The van der Waals surface area contributed by atoms with Crippen LogP contribution in [0.4, 0.5) is 5.13 Å². The summed E-state index contributed by atoms with van der Waals surface area (Å²) in [4.78, 5) is 10.4. The number of fused-ring (bicyclic) bond motifs is 1. The largest absolute Gasteiger partial charge is 0.352 e. The van der Waals surface area contributed by atoms with Gasteiger partial charge in [0.1, 0.15) is 0 Å². The van der Waals surface area contributed by atoms with Gasteiger partial charge in [0, 0.05) is 27.4 Å². The molecule has 0 aliphatic carbocycles. The van der Waals surface area contributed by atoms with Crippen LogP contribution in [-0.2, 0) is 0 Å². The molecule has 0 radical (unpaired) electrons. The molecular weight excluding hydrogens is 346 g/mol. The first-order valence-corrected chi connectivity index (χ1v) is 9.89. The Kier molecular flexibility index (Phi) is 4.68. The molecule has 0 saturated heterocycles. The lowest BCUT2D eigenvalue weighted by Gasteiger charge is -2.06. The molecule has 0 saturated carbocycles. The van der Waals surface area contributed by atoms with Crippen molar-refractivity contribution in [1.29, 1.82) is 0 Å². The molecular formula is C20H17N3S2. The molecule has 0 aliphatic rings. The van der Waals surface area contributed by atoms with Crippen molar-refractivity contribution in [2.75, 3.05) is 11.2 Å². The van der Waals surface area contributed by atoms with Crippen LogP contribution in [-0.4, -0.2) is 15.8 Å². The molecule has 2 aromatic carbocycles. The third-order valence-corrected chi connectivity index (χ3v) is 5.63. The van der Waals surface area contributed by atoms with Gasteiger partial charge in [-0.1, -0.05) is 48.0 Å². The fraction of sp³-hybridized carbons (Fsp3) is 0.100. The van der Waals surface area contributed by atoms with E-state index in [9.17, 15) is 0 Å². The summed E-state index contributed by atoms with van der Waals surface area (Å²) < 4.78 is 0. The summed E-state index contributed by atoms with van der Waals surface area (Å²) in [6, 6.07) is 18.8. The van der Waals surface area contributed by atoms with E-state index in [4.69, 9.17) is 0 Å². The number of aromatic nitrogens is 2. The van der Waals surface area contributed by atoms with Crippen LogP contribution in [0.5, 0.6) is 0 Å². The van der Waals surface area contributed by atoms with E-state index < -0.39 is 0 Å². The number of thiazole rings is 1. The Morgan fingerprint density at radius 3 is 2.76 bits per heavy atom. The maximum atomic E-state index is 4.68. The van der Waals surface area contributed by atoms with Crippen molar-refractivity contribution in [3.63, 3.8) is 0 Å². The molecule has 2 aromatic heterocycles. The Balaban J connectivity index is 1.43. The Bertz CT molecular complexity index is 988. The summed E-state index contributed by atoms with van der Waals surface area (Å²) in [5.74, 6) is 0.760. The molecule has 0 bridgehead atoms. The predicted octanol–water partition coefficient (Wildman–Crippen LogP) is 5.83. The number of thioether (sulfide) groups is 1. The molecule has 0 amide bonds. The second-order valence-electron chi connectivity index (χ2n) is 5.70. The first-order chi connectivity index (χ1) is 12.3. The first kappa shape index (κ1) is 16.1. The number of benzene rings is 2. The van der Waals surface area contributed by atoms with E-state index in [2.05, 4.69) is 76.1 Å². The van der Waals surface area contributed by atoms with Crippen molar-refractivity contribution in [3.05, 3.63) is 71.7 Å². The minimum atomic E-state index is 0.760. The lowest BCUT2D eigenvalue weighted by Crippen LogP contribution is -1.97. The van der Waals surface area contributed by atoms with Crippen LogP contribution in [0.1, 0.15) is 5.56 Å². The minimum Gasteiger partial charge on any atom is -0.352 e. The van der Waals surface area contributed by atoms with Crippen LogP contribution >= 0.6 is 23.1 Å². The minimum absolute atomic E-state index is 0.760. The average Bonchev–Trinajstić information content (AvgIpc) is 3.11. The monoisotopic (exact) mass is 363 g/mol. The molecule has 0 unspecified atom stereocenters. The zero-order chi connectivity index (χ0) is 17.1. The SMILES string of the molecule is Cc1ccc(-c2csc(NCSc3cccc4cccnc34)n2)cc1. The topological polar surface area (TPSA) is 37.8 Å². The number of hydrogen-bond donors (Lipinski definition) is 1. The van der Waals surface area contributed by atoms with E-state index in [0.717, 1.165) is 27.8 Å². The lowest BCUT2D eigenvalue weighted by atomic mass is 10.1. The smallest absolute Gasteiger partial charge is 0.183 e. The summed E-state index contributed by atoms with van der Waals surface area (Å²) in [5.41, 5.74) is 4.49. The molecule has 4 rings (SSSR count). The maximum Gasteiger partial charge on any atom is 0.183 e. The van der Waals surface area contributed by atoms with Gasteiger partial charge in [0.05, 0.1) is 17.1 Å². The van der Waals surface area contributed by atoms with E-state index in [0.29, 0.717) is 0 Å². The molecule has 0 aliphatic heterocycles. The van der Waals surface area contributed by atoms with Crippen molar-refractivity contribution >= 4 is 39.1 Å². The molecule has 1 N–H and O–H groups in total. The van der Waals surface area contributed by atoms with Gasteiger partial charge in [0.25, 0.3) is 0 Å². The molecule has 0 spiro atoms. The molecule has 3 nitrogen and oxygen atoms in total. The van der Waals surface area contributed by atoms with Gasteiger partial charge in [-0.2, -0.15) is 0 Å². The van der Waals surface area contributed by atoms with Gasteiger partial charge in [-0.25, -0.2) is 4.98 Å². The van der Waals surface area contributed by atoms with E-state index in [1.165, 1.54) is 15.8 Å². The molecule has 0 atom stereocenters. The molecule has 124 valence electrons. The molecule has 0 fully saturated rings. The van der Waals surface area contributed by atoms with Crippen molar-refractivity contribution in [3.8, 4) is 11.3 Å². The maximum absolute atomic E-state index is 4.68. The van der Waals surface area contributed by atoms with Crippen LogP contribution < -0.4 is 5.32 Å². The zero-order valence-electron chi connectivity index (χ0n) is 13.8. The van der Waals surface area contributed by atoms with Crippen LogP contribution in [0.3, 0.4) is 0 Å². The van der Waals surface area contributed by atoms with Gasteiger partial charge < -0.3 is 5.32 Å². The summed E-state index contributed by atoms with van der Waals surface area (Å²) in [6.45, 7) is 2.09. The first-order valence-electron chi connectivity index (χ1n) is 8.02. The Morgan fingerprint density at radius 2 is 1.88 bits per heavy atom. The third-order valence-electron chi connectivity index (χ3n) is 3.90. The highest BCUT2D eigenvalue weighted by Crippen LogP contribution is 2.28. The number of hydrogen-bond acceptors (Lipinski definition) is 5. The summed E-state index contributed by atoms with van der Waals surface area (Å²) >= 11 is 3.38. The highest BCUT2D eigenvalue weighted by molar-refractivity contribution is 7.99. The van der Waals surface area contributed by atoms with E-state index in [1.807, 2.05) is 12.3 Å². The average molecular weight is 364 g/mol. The summed E-state index contributed by atoms with van der Waals surface area (Å²) in [5, 5.41) is 7.61. The third kappa shape index (κ3) is 3.67. The van der Waals surface area contributed by atoms with E-state index in [-0.39, 0.29) is 0 Å². The number of aryl methyl sites for hydroxylation is 1. The van der Waals surface area contributed by atoms with E-state index >= 15 is 0 Å². The van der Waals surface area contributed by atoms with Crippen LogP contribution in [0.2, 0.25) is 0 Å². The standard InChI is InChI=1S/C20H17N3S2/c1-14-7-9-15(10-8-14)17-12-24-20(23-17)22-13-25-18-6-2-4-16-5-3-11-21-19(16)18/h2-12H,13H2,1H3,(H,22,23). The highest BCUT2D eigenvalue weighted by Gasteiger charge is 2.06. The number of anilines is 1. The van der Waals surface area contributed by atoms with Gasteiger partial charge in [0.15, 0.2) is 5.13 Å². The summed E-state index contributed by atoms with van der Waals surface area (Å²) in [6.07, 6.45) is 1.84. The van der Waals surface area contributed by atoms with Crippen LogP contribution in [0.25, 0.3) is 22.2 Å². The number of rotatable bonds is 5. The molecule has 2 heterocycles. The van der Waals surface area contributed by atoms with Crippen LogP contribution in [0.15, 0.2) is 71.1 Å². The summed E-state index contributed by atoms with van der Waals surface area (Å²) in [7, 11) is 0. The van der Waals surface area contributed by atoms with Gasteiger partial charge >= 0.3 is 0 Å². The fourth-order valence-electron chi connectivity index (χ4n) is 2.58. The van der Waals surface area contributed by atoms with Crippen molar-refractivity contribution < 1.29 is 0 Å². The van der Waals surface area contributed by atoms with E-state index in [1.54, 1.807) is 23.1 Å². The number of para-hydroxylation sites is 1. The van der Waals surface area contributed by atoms with Crippen molar-refractivity contribution in [2.45, 2.75) is 11.8 Å². The van der Waals surface area contributed by atoms with Gasteiger partial charge in [0.2, 0.25) is 0 Å². The second kappa shape index (κ2) is 7.25. The Morgan fingerprint density at radius 1 is 1.04 bits per heavy atom. The van der Waals surface area contributed by atoms with Gasteiger partial charge in [-0.05, 0) is 19.1 Å². The Hall–Kier alpha value is -2.37. The number of nitrogens with zero attached hydrogens (tertiary/aromatic N) is 2. The Labute approximate surface area is 155 Å². The fourth-order valence-corrected chi connectivity index (χ4v) is 4.24. The second-order valence-corrected chi connectivity index (χ2v) is 7.58. The number of pyridine rings is 1. The normalized spacial score (nSPS) is 10.9. The van der Waals surface area contributed by atoms with Crippen molar-refractivity contribution in [2.24, 2.45) is 0 Å². The lowest BCUT2D eigenvalue weighted by molar-refractivity contribution is 1.32. The molecule has 25 heavy (non-hydrogen) atoms. The molecule has 4 aromatic rings. The quantitative estimate of drug-likeness (QED) is 0.358. The highest BCUT2D eigenvalue weighted by atomic mass is 32.2. The van der Waals surface area contributed by atoms with Gasteiger partial charge in [-0.3, -0.25) is 4.98 Å². The van der Waals surface area contributed by atoms with Gasteiger partial charge in [-0.15, -0.1) is 23.1 Å². The van der Waals surface area contributed by atoms with Crippen LogP contribution in [0, 0.1) is 6.92 Å².